The molecule has 0 bridgehead atoms. The van der Waals surface area contributed by atoms with Crippen LogP contribution in [0.4, 0.5) is 0 Å². The minimum atomic E-state index is 0.699. The normalized spacial score (nSPS) is 13.6. The van der Waals surface area contributed by atoms with Gasteiger partial charge in [-0.2, -0.15) is 0 Å². The van der Waals surface area contributed by atoms with E-state index in [1.54, 1.807) is 11.8 Å². The summed E-state index contributed by atoms with van der Waals surface area (Å²) in [5.74, 6) is 0.860. The highest BCUT2D eigenvalue weighted by Gasteiger charge is 2.29. The SMILES string of the molecule is Clc1ccc(C2=CCSc3n(-c4ccc(Cl)cc4)nn[n+]32)cc1. The molecule has 4 nitrogen and oxygen atoms in total. The molecule has 1 aliphatic rings. The zero-order valence-electron chi connectivity index (χ0n) is 11.9. The lowest BCUT2D eigenvalue weighted by Gasteiger charge is -2.09. The standard InChI is InChI=1S/C16H11Cl2N4S/c17-12-3-1-11(2-4-12)15-9-10-23-16-21(19-20-22(15)16)14-7-5-13(18)6-8-14/h1-9H,10H2/q+1. The van der Waals surface area contributed by atoms with Gasteiger partial charge in [0.2, 0.25) is 0 Å². The average molecular weight is 362 g/mol. The summed E-state index contributed by atoms with van der Waals surface area (Å²) in [6, 6.07) is 15.3. The van der Waals surface area contributed by atoms with Gasteiger partial charge in [-0.05, 0) is 71.1 Å². The van der Waals surface area contributed by atoms with E-state index in [1.807, 2.05) is 57.9 Å². The van der Waals surface area contributed by atoms with E-state index in [-0.39, 0.29) is 0 Å². The van der Waals surface area contributed by atoms with Crippen molar-refractivity contribution in [2.24, 2.45) is 0 Å². The minimum absolute atomic E-state index is 0.699. The Morgan fingerprint density at radius 2 is 1.61 bits per heavy atom. The Morgan fingerprint density at radius 1 is 0.957 bits per heavy atom. The van der Waals surface area contributed by atoms with Crippen molar-refractivity contribution in [3.63, 3.8) is 0 Å². The largest absolute Gasteiger partial charge is 0.328 e. The van der Waals surface area contributed by atoms with Crippen molar-refractivity contribution in [3.8, 4) is 5.69 Å². The number of hydrogen-bond donors (Lipinski definition) is 0. The molecule has 3 aromatic rings. The molecule has 1 aromatic heterocycles. The monoisotopic (exact) mass is 361 g/mol. The molecule has 0 saturated carbocycles. The maximum atomic E-state index is 5.97. The highest BCUT2D eigenvalue weighted by Crippen LogP contribution is 2.26. The molecule has 2 heterocycles. The Kier molecular flexibility index (Phi) is 3.85. The number of hydrogen-bond acceptors (Lipinski definition) is 3. The van der Waals surface area contributed by atoms with Crippen LogP contribution in [0.2, 0.25) is 10.0 Å². The van der Waals surface area contributed by atoms with Crippen LogP contribution < -0.4 is 4.68 Å². The average Bonchev–Trinajstić information content (AvgIpc) is 3.00. The number of nitrogens with zero attached hydrogens (tertiary/aromatic N) is 4. The first kappa shape index (κ1) is 14.8. The first-order valence-electron chi connectivity index (χ1n) is 6.95. The van der Waals surface area contributed by atoms with E-state index in [9.17, 15) is 0 Å². The minimum Gasteiger partial charge on any atom is -0.0915 e. The van der Waals surface area contributed by atoms with Crippen LogP contribution in [-0.4, -0.2) is 20.9 Å². The number of fused-ring (bicyclic) bond motifs is 1. The summed E-state index contributed by atoms with van der Waals surface area (Å²) >= 11 is 13.6. The number of aromatic nitrogens is 4. The lowest BCUT2D eigenvalue weighted by Crippen LogP contribution is -2.39. The molecule has 114 valence electrons. The quantitative estimate of drug-likeness (QED) is 0.650. The number of tetrazole rings is 1. The van der Waals surface area contributed by atoms with E-state index >= 15 is 0 Å². The fourth-order valence-electron chi connectivity index (χ4n) is 2.41. The van der Waals surface area contributed by atoms with E-state index in [4.69, 9.17) is 23.2 Å². The summed E-state index contributed by atoms with van der Waals surface area (Å²) in [5, 5.41) is 11.0. The molecule has 0 unspecified atom stereocenters. The molecule has 1 aliphatic heterocycles. The molecular weight excluding hydrogens is 351 g/mol. The van der Waals surface area contributed by atoms with Crippen LogP contribution in [0.5, 0.6) is 0 Å². The molecule has 0 N–H and O–H groups in total. The maximum absolute atomic E-state index is 5.97. The molecule has 23 heavy (non-hydrogen) atoms. The van der Waals surface area contributed by atoms with Gasteiger partial charge in [0, 0.05) is 21.4 Å². The van der Waals surface area contributed by atoms with Crippen LogP contribution in [-0.2, 0) is 0 Å². The van der Waals surface area contributed by atoms with Gasteiger partial charge in [0.1, 0.15) is 16.6 Å². The highest BCUT2D eigenvalue weighted by atomic mass is 35.5. The topological polar surface area (TPSA) is 34.6 Å². The zero-order chi connectivity index (χ0) is 15.8. The van der Waals surface area contributed by atoms with Gasteiger partial charge in [0.15, 0.2) is 5.21 Å². The number of thioether (sulfide) groups is 1. The van der Waals surface area contributed by atoms with Gasteiger partial charge in [0.05, 0.1) is 0 Å². The van der Waals surface area contributed by atoms with Crippen molar-refractivity contribution in [2.45, 2.75) is 5.16 Å². The number of benzene rings is 2. The molecule has 7 heteroatoms. The van der Waals surface area contributed by atoms with Crippen molar-refractivity contribution in [1.29, 1.82) is 0 Å². The van der Waals surface area contributed by atoms with E-state index in [2.05, 4.69) is 16.5 Å². The van der Waals surface area contributed by atoms with Crippen LogP contribution in [0.15, 0.2) is 59.8 Å². The van der Waals surface area contributed by atoms with Gasteiger partial charge >= 0.3 is 5.16 Å². The molecule has 0 atom stereocenters. The first-order chi connectivity index (χ1) is 11.2. The van der Waals surface area contributed by atoms with Crippen molar-refractivity contribution >= 4 is 40.7 Å². The molecule has 0 radical (unpaired) electrons. The fourth-order valence-corrected chi connectivity index (χ4v) is 3.57. The van der Waals surface area contributed by atoms with E-state index in [0.717, 1.165) is 32.9 Å². The molecule has 0 amide bonds. The Hall–Kier alpha value is -1.82. The summed E-state index contributed by atoms with van der Waals surface area (Å²) in [4.78, 5) is 0. The molecule has 0 saturated heterocycles. The summed E-state index contributed by atoms with van der Waals surface area (Å²) < 4.78 is 3.68. The van der Waals surface area contributed by atoms with Crippen LogP contribution in [0.1, 0.15) is 5.56 Å². The number of halogens is 2. The van der Waals surface area contributed by atoms with Crippen LogP contribution >= 0.6 is 35.0 Å². The summed E-state index contributed by atoms with van der Waals surface area (Å²) in [6.45, 7) is 0. The zero-order valence-corrected chi connectivity index (χ0v) is 14.2. The Bertz CT molecular complexity index is 885. The smallest absolute Gasteiger partial charge is 0.0915 e. The number of rotatable bonds is 2. The lowest BCUT2D eigenvalue weighted by molar-refractivity contribution is -0.683. The second-order valence-corrected chi connectivity index (χ2v) is 6.83. The van der Waals surface area contributed by atoms with Gasteiger partial charge in [0.25, 0.3) is 0 Å². The van der Waals surface area contributed by atoms with Crippen LogP contribution in [0.3, 0.4) is 0 Å². The summed E-state index contributed by atoms with van der Waals surface area (Å²) in [5.41, 5.74) is 3.00. The first-order valence-corrected chi connectivity index (χ1v) is 8.70. The third-order valence-corrected chi connectivity index (χ3v) is 4.95. The highest BCUT2D eigenvalue weighted by molar-refractivity contribution is 7.99. The Balaban J connectivity index is 1.78. The molecule has 0 fully saturated rings. The van der Waals surface area contributed by atoms with Gasteiger partial charge in [-0.15, -0.1) is 0 Å². The maximum Gasteiger partial charge on any atom is 0.328 e. The van der Waals surface area contributed by atoms with Crippen molar-refractivity contribution in [1.82, 2.24) is 15.1 Å². The summed E-state index contributed by atoms with van der Waals surface area (Å²) in [6.07, 6.45) is 2.14. The van der Waals surface area contributed by atoms with Gasteiger partial charge in [-0.3, -0.25) is 0 Å². The summed E-state index contributed by atoms with van der Waals surface area (Å²) in [7, 11) is 0. The molecule has 2 aromatic carbocycles. The van der Waals surface area contributed by atoms with Gasteiger partial charge < -0.3 is 0 Å². The predicted molar refractivity (Wildman–Crippen MR) is 92.1 cm³/mol. The second-order valence-electron chi connectivity index (χ2n) is 4.97. The van der Waals surface area contributed by atoms with E-state index in [0.29, 0.717) is 5.02 Å². The van der Waals surface area contributed by atoms with Crippen molar-refractivity contribution < 1.29 is 4.68 Å². The van der Waals surface area contributed by atoms with E-state index in [1.165, 1.54) is 0 Å². The third-order valence-electron chi connectivity index (χ3n) is 3.51. The molecule has 0 aliphatic carbocycles. The third kappa shape index (κ3) is 2.76. The van der Waals surface area contributed by atoms with Gasteiger partial charge in [-0.1, -0.05) is 27.9 Å². The van der Waals surface area contributed by atoms with Crippen molar-refractivity contribution in [3.05, 3.63) is 70.2 Å². The predicted octanol–water partition coefficient (Wildman–Crippen LogP) is 3.86. The Labute approximate surface area is 147 Å². The second kappa shape index (κ2) is 6.00. The van der Waals surface area contributed by atoms with Crippen LogP contribution in [0.25, 0.3) is 11.4 Å². The molecule has 4 rings (SSSR count). The lowest BCUT2D eigenvalue weighted by atomic mass is 10.1. The Morgan fingerprint density at radius 3 is 2.30 bits per heavy atom. The molecular formula is C16H11Cl2N4S+. The van der Waals surface area contributed by atoms with Crippen molar-refractivity contribution in [2.75, 3.05) is 5.75 Å². The fraction of sp³-hybridized carbons (Fsp3) is 0.0625. The molecule has 0 spiro atoms. The van der Waals surface area contributed by atoms with Gasteiger partial charge in [-0.25, -0.2) is 0 Å². The van der Waals surface area contributed by atoms with Crippen LogP contribution in [0, 0.1) is 0 Å². The van der Waals surface area contributed by atoms with E-state index < -0.39 is 0 Å².